The lowest BCUT2D eigenvalue weighted by Gasteiger charge is -2.12. The molecule has 0 spiro atoms. The first-order chi connectivity index (χ1) is 9.43. The number of ether oxygens (including phenoxy) is 1. The highest BCUT2D eigenvalue weighted by molar-refractivity contribution is 14.1. The first-order valence-electron chi connectivity index (χ1n) is 5.93. The van der Waals surface area contributed by atoms with Gasteiger partial charge < -0.3 is 4.74 Å². The third kappa shape index (κ3) is 3.80. The summed E-state index contributed by atoms with van der Waals surface area (Å²) in [5.41, 5.74) is 2.08. The van der Waals surface area contributed by atoms with E-state index in [-0.39, 0.29) is 0 Å². The van der Waals surface area contributed by atoms with Crippen molar-refractivity contribution in [2.24, 2.45) is 0 Å². The number of benzene rings is 1. The van der Waals surface area contributed by atoms with Crippen molar-refractivity contribution >= 4 is 83.7 Å². The van der Waals surface area contributed by atoms with Crippen LogP contribution >= 0.6 is 83.7 Å². The van der Waals surface area contributed by atoms with Gasteiger partial charge >= 0.3 is 0 Å². The van der Waals surface area contributed by atoms with E-state index in [1.807, 2.05) is 11.6 Å². The molecule has 1 aromatic carbocycles. The minimum atomic E-state index is 0.516. The maximum Gasteiger partial charge on any atom is 0.146 e. The molecule has 2 rings (SSSR count). The van der Waals surface area contributed by atoms with Crippen LogP contribution in [0.15, 0.2) is 16.6 Å². The van der Waals surface area contributed by atoms with Gasteiger partial charge in [0, 0.05) is 10.1 Å². The lowest BCUT2D eigenvalue weighted by Crippen LogP contribution is -2.07. The topological polar surface area (TPSA) is 27.1 Å². The van der Waals surface area contributed by atoms with E-state index >= 15 is 0 Å². The Morgan fingerprint density at radius 3 is 2.40 bits per heavy atom. The van der Waals surface area contributed by atoms with Gasteiger partial charge in [-0.25, -0.2) is 0 Å². The summed E-state index contributed by atoms with van der Waals surface area (Å²) in [5, 5.41) is 4.48. The van der Waals surface area contributed by atoms with Gasteiger partial charge in [-0.05, 0) is 110 Å². The maximum atomic E-state index is 6.04. The molecule has 0 saturated heterocycles. The molecule has 0 bridgehead atoms. The van der Waals surface area contributed by atoms with Crippen LogP contribution in [-0.4, -0.2) is 9.78 Å². The summed E-state index contributed by atoms with van der Waals surface area (Å²) < 4.78 is 12.5. The number of hydrogen-bond acceptors (Lipinski definition) is 2. The zero-order valence-electron chi connectivity index (χ0n) is 10.9. The zero-order valence-corrected chi connectivity index (χ0v) is 18.9. The van der Waals surface area contributed by atoms with E-state index in [4.69, 9.17) is 4.74 Å². The molecule has 20 heavy (non-hydrogen) atoms. The molecule has 7 heteroatoms. The smallest absolute Gasteiger partial charge is 0.146 e. The highest BCUT2D eigenvalue weighted by Gasteiger charge is 2.14. The second kappa shape index (κ2) is 7.44. The Labute approximate surface area is 167 Å². The van der Waals surface area contributed by atoms with Gasteiger partial charge in [-0.3, -0.25) is 4.68 Å². The third-order valence-corrected chi connectivity index (χ3v) is 6.03. The van der Waals surface area contributed by atoms with E-state index in [0.29, 0.717) is 6.61 Å². The number of rotatable bonds is 4. The van der Waals surface area contributed by atoms with Crippen molar-refractivity contribution in [1.82, 2.24) is 9.78 Å². The molecule has 3 nitrogen and oxygen atoms in total. The van der Waals surface area contributed by atoms with E-state index in [0.717, 1.165) is 35.3 Å². The molecule has 0 aliphatic carbocycles. The van der Waals surface area contributed by atoms with Crippen LogP contribution in [0.5, 0.6) is 5.75 Å². The highest BCUT2D eigenvalue weighted by Crippen LogP contribution is 2.31. The molecule has 0 saturated carbocycles. The van der Waals surface area contributed by atoms with E-state index in [1.54, 1.807) is 0 Å². The second-order valence-electron chi connectivity index (χ2n) is 4.15. The Morgan fingerprint density at radius 2 is 1.85 bits per heavy atom. The van der Waals surface area contributed by atoms with Crippen LogP contribution in [0.1, 0.15) is 18.3 Å². The molecule has 0 aliphatic rings. The molecule has 0 radical (unpaired) electrons. The fourth-order valence-corrected chi connectivity index (χ4v) is 6.11. The van der Waals surface area contributed by atoms with Gasteiger partial charge in [0.1, 0.15) is 12.4 Å². The lowest BCUT2D eigenvalue weighted by molar-refractivity contribution is 0.287. The van der Waals surface area contributed by atoms with Gasteiger partial charge in [-0.1, -0.05) is 0 Å². The van der Waals surface area contributed by atoms with Gasteiger partial charge in [0.2, 0.25) is 0 Å². The van der Waals surface area contributed by atoms with Crippen LogP contribution in [-0.2, 0) is 13.2 Å². The summed E-state index contributed by atoms with van der Waals surface area (Å²) in [4.78, 5) is 0. The molecule has 1 aromatic heterocycles. The first kappa shape index (κ1) is 17.3. The Kier molecular flexibility index (Phi) is 6.42. The Hall–Kier alpha value is 0.900. The summed E-state index contributed by atoms with van der Waals surface area (Å²) in [6, 6.07) is 4.24. The van der Waals surface area contributed by atoms with E-state index < -0.39 is 0 Å². The molecular formula is C13H12BrI3N2O. The molecule has 108 valence electrons. The summed E-state index contributed by atoms with van der Waals surface area (Å²) in [5.74, 6) is 0.944. The van der Waals surface area contributed by atoms with Crippen LogP contribution in [0.3, 0.4) is 0 Å². The van der Waals surface area contributed by atoms with Crippen molar-refractivity contribution in [3.05, 3.63) is 38.7 Å². The van der Waals surface area contributed by atoms with E-state index in [2.05, 4.69) is 108 Å². The molecule has 0 fully saturated rings. The van der Waals surface area contributed by atoms with Crippen molar-refractivity contribution in [3.8, 4) is 5.75 Å². The monoisotopic (exact) mass is 672 g/mol. The summed E-state index contributed by atoms with van der Waals surface area (Å²) in [7, 11) is 0. The normalized spacial score (nSPS) is 10.9. The minimum Gasteiger partial charge on any atom is -0.485 e. The summed E-state index contributed by atoms with van der Waals surface area (Å²) >= 11 is 10.6. The van der Waals surface area contributed by atoms with Crippen LogP contribution in [0.2, 0.25) is 0 Å². The molecule has 0 N–H and O–H groups in total. The Bertz CT molecular complexity index is 620. The minimum absolute atomic E-state index is 0.516. The van der Waals surface area contributed by atoms with Crippen LogP contribution in [0, 0.1) is 17.6 Å². The van der Waals surface area contributed by atoms with Crippen molar-refractivity contribution in [3.63, 3.8) is 0 Å². The van der Waals surface area contributed by atoms with E-state index in [9.17, 15) is 0 Å². The van der Waals surface area contributed by atoms with Gasteiger partial charge in [0.25, 0.3) is 0 Å². The van der Waals surface area contributed by atoms with Crippen molar-refractivity contribution in [2.75, 3.05) is 0 Å². The Morgan fingerprint density at radius 1 is 1.25 bits per heavy atom. The van der Waals surface area contributed by atoms with Gasteiger partial charge in [0.15, 0.2) is 0 Å². The van der Waals surface area contributed by atoms with Crippen LogP contribution < -0.4 is 4.74 Å². The summed E-state index contributed by atoms with van der Waals surface area (Å²) in [6.07, 6.45) is 0. The van der Waals surface area contributed by atoms with Gasteiger partial charge in [0.05, 0.1) is 23.0 Å². The van der Waals surface area contributed by atoms with Crippen molar-refractivity contribution in [1.29, 1.82) is 0 Å². The molecule has 0 aliphatic heterocycles. The fraction of sp³-hybridized carbons (Fsp3) is 0.308. The summed E-state index contributed by atoms with van der Waals surface area (Å²) in [6.45, 7) is 5.44. The molecule has 0 amide bonds. The largest absolute Gasteiger partial charge is 0.485 e. The highest BCUT2D eigenvalue weighted by atomic mass is 127. The lowest BCUT2D eigenvalue weighted by atomic mass is 10.3. The standard InChI is InChI=1S/C13H12BrI3N2O/c1-3-19-11(12(14)7(2)18-19)6-20-13-9(16)4-8(15)5-10(13)17/h4-5H,3,6H2,1-2H3. The number of nitrogens with zero attached hydrogens (tertiary/aromatic N) is 2. The Balaban J connectivity index is 2.26. The third-order valence-electron chi connectivity index (χ3n) is 2.77. The number of aromatic nitrogens is 2. The van der Waals surface area contributed by atoms with Crippen molar-refractivity contribution in [2.45, 2.75) is 27.0 Å². The second-order valence-corrected chi connectivity index (χ2v) is 8.51. The zero-order chi connectivity index (χ0) is 14.9. The van der Waals surface area contributed by atoms with Crippen LogP contribution in [0.25, 0.3) is 0 Å². The van der Waals surface area contributed by atoms with Gasteiger partial charge in [-0.2, -0.15) is 5.10 Å². The number of hydrogen-bond donors (Lipinski definition) is 0. The predicted octanol–water partition coefficient (Wildman–Crippen LogP) is 5.37. The number of halogens is 4. The van der Waals surface area contributed by atoms with Crippen molar-refractivity contribution < 1.29 is 4.74 Å². The van der Waals surface area contributed by atoms with Gasteiger partial charge in [-0.15, -0.1) is 0 Å². The molecule has 0 atom stereocenters. The fourth-order valence-electron chi connectivity index (χ4n) is 1.81. The molecule has 2 aromatic rings. The molecule has 1 heterocycles. The quantitative estimate of drug-likeness (QED) is 0.409. The average Bonchev–Trinajstić information content (AvgIpc) is 2.64. The predicted molar refractivity (Wildman–Crippen MR) is 109 cm³/mol. The van der Waals surface area contributed by atoms with E-state index in [1.165, 1.54) is 3.57 Å². The SMILES string of the molecule is CCn1nc(C)c(Br)c1COc1c(I)cc(I)cc1I. The molecular weight excluding hydrogens is 661 g/mol. The average molecular weight is 673 g/mol. The molecule has 0 unspecified atom stereocenters. The first-order valence-corrected chi connectivity index (χ1v) is 9.96. The maximum absolute atomic E-state index is 6.04. The number of aryl methyl sites for hydroxylation is 2. The van der Waals surface area contributed by atoms with Crippen LogP contribution in [0.4, 0.5) is 0 Å².